The summed E-state index contributed by atoms with van der Waals surface area (Å²) < 4.78 is 22.5. The Morgan fingerprint density at radius 3 is 2.04 bits per heavy atom. The molecular weight excluding hydrogens is 315 g/mol. The number of hydrogen-bond donors (Lipinski definition) is 0. The molecule has 0 amide bonds. The van der Waals surface area contributed by atoms with E-state index in [1.807, 2.05) is 6.07 Å². The highest BCUT2D eigenvalue weighted by Gasteiger charge is 2.36. The monoisotopic (exact) mass is 340 g/mol. The number of carbonyl (C=O) groups excluding carboxylic acids is 2. The van der Waals surface area contributed by atoms with E-state index in [4.69, 9.17) is 9.05 Å². The summed E-state index contributed by atoms with van der Waals surface area (Å²) in [4.78, 5) is 24.7. The van der Waals surface area contributed by atoms with Crippen molar-refractivity contribution in [3.05, 3.63) is 35.9 Å². The van der Waals surface area contributed by atoms with E-state index in [0.717, 1.165) is 0 Å². The smallest absolute Gasteiger partial charge is 0.303 e. The summed E-state index contributed by atoms with van der Waals surface area (Å²) in [5.74, 6) is -0.656. The van der Waals surface area contributed by atoms with E-state index in [1.165, 1.54) is 0 Å². The summed E-state index contributed by atoms with van der Waals surface area (Å²) in [6.07, 6.45) is -0.0168. The van der Waals surface area contributed by atoms with Crippen LogP contribution in [0, 0.1) is 11.8 Å². The van der Waals surface area contributed by atoms with Crippen LogP contribution >= 0.6 is 7.60 Å². The van der Waals surface area contributed by atoms with Gasteiger partial charge in [0, 0.05) is 17.9 Å². The molecule has 0 bridgehead atoms. The minimum absolute atomic E-state index is 0.0168. The Labute approximate surface area is 137 Å². The largest absolute Gasteiger partial charge is 0.396 e. The van der Waals surface area contributed by atoms with Crippen molar-refractivity contribution in [2.24, 2.45) is 11.8 Å². The normalized spacial score (nSPS) is 14.3. The first kappa shape index (κ1) is 19.8. The molecule has 128 valence electrons. The Morgan fingerprint density at radius 2 is 1.57 bits per heavy atom. The summed E-state index contributed by atoms with van der Waals surface area (Å²) in [5.41, 5.74) is 0.0403. The molecule has 0 aliphatic rings. The maximum absolute atomic E-state index is 12.4. The lowest BCUT2D eigenvalue weighted by atomic mass is 9.87. The zero-order chi connectivity index (χ0) is 17.5. The summed E-state index contributed by atoms with van der Waals surface area (Å²) in [7, 11) is -3.76. The maximum Gasteiger partial charge on any atom is 0.396 e. The van der Waals surface area contributed by atoms with Crippen molar-refractivity contribution in [3.8, 4) is 0 Å². The van der Waals surface area contributed by atoms with Crippen LogP contribution in [0.5, 0.6) is 0 Å². The molecule has 1 aromatic carbocycles. The van der Waals surface area contributed by atoms with Gasteiger partial charge in [0.2, 0.25) is 5.52 Å². The van der Waals surface area contributed by atoms with Crippen molar-refractivity contribution in [3.63, 3.8) is 0 Å². The number of rotatable bonds is 10. The standard InChI is InChI=1S/C17H25O5P/c1-5-21-23(20,22-6-2)16(18)12-13(3)14(4)17(19)15-10-8-7-9-11-15/h7-11,13-14H,5-6,12H2,1-4H3/t13-,14+/m1/s1. The molecule has 0 N–H and O–H groups in total. The van der Waals surface area contributed by atoms with Gasteiger partial charge in [0.1, 0.15) is 0 Å². The van der Waals surface area contributed by atoms with Gasteiger partial charge in [0.25, 0.3) is 0 Å². The molecule has 0 unspecified atom stereocenters. The first-order valence-corrected chi connectivity index (χ1v) is 9.41. The average Bonchev–Trinajstić information content (AvgIpc) is 2.54. The number of carbonyl (C=O) groups is 2. The van der Waals surface area contributed by atoms with Crippen LogP contribution in [0.25, 0.3) is 0 Å². The Balaban J connectivity index is 2.77. The van der Waals surface area contributed by atoms with Crippen LogP contribution in [-0.2, 0) is 18.4 Å². The Kier molecular flexibility index (Phi) is 7.83. The van der Waals surface area contributed by atoms with Crippen LogP contribution in [0.3, 0.4) is 0 Å². The fraction of sp³-hybridized carbons (Fsp3) is 0.529. The average molecular weight is 340 g/mol. The molecule has 0 aliphatic carbocycles. The van der Waals surface area contributed by atoms with Gasteiger partial charge in [-0.1, -0.05) is 44.2 Å². The first-order valence-electron chi connectivity index (χ1n) is 7.87. The second-order valence-corrected chi connectivity index (χ2v) is 7.44. The molecule has 0 radical (unpaired) electrons. The van der Waals surface area contributed by atoms with Crippen LogP contribution in [0.1, 0.15) is 44.5 Å². The fourth-order valence-corrected chi connectivity index (χ4v) is 3.76. The van der Waals surface area contributed by atoms with Gasteiger partial charge < -0.3 is 9.05 Å². The second-order valence-electron chi connectivity index (χ2n) is 5.43. The quantitative estimate of drug-likeness (QED) is 0.468. The van der Waals surface area contributed by atoms with Gasteiger partial charge in [0.05, 0.1) is 13.2 Å². The third kappa shape index (κ3) is 5.38. The van der Waals surface area contributed by atoms with Crippen molar-refractivity contribution in [2.45, 2.75) is 34.1 Å². The Hall–Kier alpha value is -1.29. The third-order valence-corrected chi connectivity index (χ3v) is 5.72. The first-order chi connectivity index (χ1) is 10.9. The lowest BCUT2D eigenvalue weighted by molar-refractivity contribution is -0.114. The van der Waals surface area contributed by atoms with E-state index in [0.29, 0.717) is 5.56 Å². The van der Waals surface area contributed by atoms with Crippen LogP contribution in [-0.4, -0.2) is 24.5 Å². The third-order valence-electron chi connectivity index (χ3n) is 3.73. The molecule has 23 heavy (non-hydrogen) atoms. The minimum Gasteiger partial charge on any atom is -0.303 e. The molecule has 1 rings (SSSR count). The summed E-state index contributed by atoms with van der Waals surface area (Å²) in [6, 6.07) is 8.94. The van der Waals surface area contributed by atoms with E-state index in [9.17, 15) is 14.2 Å². The highest BCUT2D eigenvalue weighted by molar-refractivity contribution is 7.71. The predicted molar refractivity (Wildman–Crippen MR) is 89.6 cm³/mol. The van der Waals surface area contributed by atoms with Crippen molar-refractivity contribution >= 4 is 18.9 Å². The van der Waals surface area contributed by atoms with Crippen LogP contribution in [0.15, 0.2) is 30.3 Å². The topological polar surface area (TPSA) is 69.7 Å². The molecular formula is C17H25O5P. The van der Waals surface area contributed by atoms with E-state index >= 15 is 0 Å². The zero-order valence-electron chi connectivity index (χ0n) is 14.2. The van der Waals surface area contributed by atoms with Crippen LogP contribution < -0.4 is 0 Å². The summed E-state index contributed by atoms with van der Waals surface area (Å²) in [5, 5.41) is 0. The maximum atomic E-state index is 12.4. The van der Waals surface area contributed by atoms with E-state index < -0.39 is 13.1 Å². The van der Waals surface area contributed by atoms with Gasteiger partial charge >= 0.3 is 7.60 Å². The molecule has 0 saturated heterocycles. The highest BCUT2D eigenvalue weighted by Crippen LogP contribution is 2.50. The molecule has 2 atom stereocenters. The Bertz CT molecular complexity index is 560. The fourth-order valence-electron chi connectivity index (χ4n) is 2.21. The number of ketones is 1. The molecule has 0 aliphatic heterocycles. The molecule has 6 heteroatoms. The number of hydrogen-bond acceptors (Lipinski definition) is 5. The van der Waals surface area contributed by atoms with Gasteiger partial charge in [-0.05, 0) is 19.8 Å². The number of benzene rings is 1. The lowest BCUT2D eigenvalue weighted by Crippen LogP contribution is -2.22. The molecule has 0 heterocycles. The van der Waals surface area contributed by atoms with E-state index in [2.05, 4.69) is 0 Å². The summed E-state index contributed by atoms with van der Waals surface area (Å²) in [6.45, 7) is 7.16. The molecule has 0 spiro atoms. The van der Waals surface area contributed by atoms with Crippen molar-refractivity contribution in [1.82, 2.24) is 0 Å². The van der Waals surface area contributed by atoms with Crippen molar-refractivity contribution in [2.75, 3.05) is 13.2 Å². The van der Waals surface area contributed by atoms with Gasteiger partial charge in [-0.3, -0.25) is 14.2 Å². The zero-order valence-corrected chi connectivity index (χ0v) is 15.0. The number of Topliss-reactive ketones (excluding diaryl/α,β-unsaturated/α-hetero) is 1. The highest BCUT2D eigenvalue weighted by atomic mass is 31.2. The van der Waals surface area contributed by atoms with E-state index in [1.54, 1.807) is 52.0 Å². The van der Waals surface area contributed by atoms with Gasteiger partial charge in [-0.2, -0.15) is 0 Å². The lowest BCUT2D eigenvalue weighted by Gasteiger charge is -2.21. The van der Waals surface area contributed by atoms with Gasteiger partial charge in [-0.15, -0.1) is 0 Å². The summed E-state index contributed by atoms with van der Waals surface area (Å²) >= 11 is 0. The Morgan fingerprint density at radius 1 is 1.04 bits per heavy atom. The van der Waals surface area contributed by atoms with Crippen LogP contribution in [0.4, 0.5) is 0 Å². The van der Waals surface area contributed by atoms with Gasteiger partial charge in [0.15, 0.2) is 5.78 Å². The van der Waals surface area contributed by atoms with Crippen molar-refractivity contribution in [1.29, 1.82) is 0 Å². The molecule has 0 aromatic heterocycles. The minimum atomic E-state index is -3.76. The molecule has 0 fully saturated rings. The van der Waals surface area contributed by atoms with E-state index in [-0.39, 0.29) is 37.3 Å². The van der Waals surface area contributed by atoms with Crippen LogP contribution in [0.2, 0.25) is 0 Å². The SMILES string of the molecule is CCOP(=O)(OCC)C(=O)C[C@@H](C)[C@H](C)C(=O)c1ccccc1. The molecule has 1 aromatic rings. The second kappa shape index (κ2) is 9.11. The van der Waals surface area contributed by atoms with Gasteiger partial charge in [-0.25, -0.2) is 0 Å². The molecule has 0 saturated carbocycles. The van der Waals surface area contributed by atoms with Crippen molar-refractivity contribution < 1.29 is 23.2 Å². The predicted octanol–water partition coefficient (Wildman–Crippen LogP) is 4.32. The molecule has 5 nitrogen and oxygen atoms in total.